The second-order valence-corrected chi connectivity index (χ2v) is 7.14. The maximum atomic E-state index is 12.7. The molecule has 0 aliphatic rings. The van der Waals surface area contributed by atoms with Gasteiger partial charge in [-0.25, -0.2) is 4.79 Å². The van der Waals surface area contributed by atoms with Crippen molar-refractivity contribution in [3.05, 3.63) is 33.0 Å². The topological polar surface area (TPSA) is 84.2 Å². The number of thiophene rings is 1. The van der Waals surface area contributed by atoms with Crippen LogP contribution < -0.4 is 5.32 Å². The summed E-state index contributed by atoms with van der Waals surface area (Å²) in [5, 5.41) is 17.1. The van der Waals surface area contributed by atoms with Gasteiger partial charge in [-0.1, -0.05) is 6.92 Å². The standard InChI is InChI=1S/C17H23N3O3S/c1-7-12-11(5)24-16(14(12)17(22)23)18-15(21)8(2)13-9(3)19-20(6)10(13)4/h8H,7H2,1-6H3,(H,18,21)(H,22,23). The first-order chi connectivity index (χ1) is 11.2. The normalized spacial score (nSPS) is 12.2. The van der Waals surface area contributed by atoms with Gasteiger partial charge in [0.05, 0.1) is 17.2 Å². The number of nitrogens with one attached hydrogen (secondary N) is 1. The quantitative estimate of drug-likeness (QED) is 0.866. The lowest BCUT2D eigenvalue weighted by atomic mass is 9.98. The zero-order valence-electron chi connectivity index (χ0n) is 14.9. The van der Waals surface area contributed by atoms with E-state index in [1.807, 2.05) is 41.7 Å². The maximum absolute atomic E-state index is 12.7. The Morgan fingerprint density at radius 2 is 1.96 bits per heavy atom. The van der Waals surface area contributed by atoms with E-state index in [0.717, 1.165) is 27.4 Å². The van der Waals surface area contributed by atoms with Crippen LogP contribution in [0.1, 0.15) is 57.5 Å². The Hall–Kier alpha value is -2.15. The number of nitrogens with zero attached hydrogens (tertiary/aromatic N) is 2. The molecule has 0 saturated heterocycles. The highest BCUT2D eigenvalue weighted by atomic mass is 32.1. The number of carboxylic acids is 1. The van der Waals surface area contributed by atoms with Gasteiger partial charge in [-0.05, 0) is 39.7 Å². The van der Waals surface area contributed by atoms with Gasteiger partial charge in [-0.15, -0.1) is 11.3 Å². The number of carbonyl (C=O) groups is 2. The lowest BCUT2D eigenvalue weighted by molar-refractivity contribution is -0.117. The summed E-state index contributed by atoms with van der Waals surface area (Å²) >= 11 is 1.31. The third-order valence-corrected chi connectivity index (χ3v) is 5.47. The molecule has 2 heterocycles. The summed E-state index contributed by atoms with van der Waals surface area (Å²) in [5.74, 6) is -1.64. The van der Waals surface area contributed by atoms with Crippen LogP contribution in [-0.2, 0) is 18.3 Å². The van der Waals surface area contributed by atoms with Gasteiger partial charge < -0.3 is 10.4 Å². The van der Waals surface area contributed by atoms with Crippen molar-refractivity contribution in [2.24, 2.45) is 7.05 Å². The predicted molar refractivity (Wildman–Crippen MR) is 95.1 cm³/mol. The highest BCUT2D eigenvalue weighted by molar-refractivity contribution is 7.16. The summed E-state index contributed by atoms with van der Waals surface area (Å²) in [6.45, 7) is 9.40. The summed E-state index contributed by atoms with van der Waals surface area (Å²) in [7, 11) is 1.84. The van der Waals surface area contributed by atoms with Gasteiger partial charge in [0.25, 0.3) is 0 Å². The van der Waals surface area contributed by atoms with Crippen molar-refractivity contribution in [2.75, 3.05) is 5.32 Å². The number of aryl methyl sites for hydroxylation is 3. The maximum Gasteiger partial charge on any atom is 0.339 e. The average molecular weight is 349 g/mol. The lowest BCUT2D eigenvalue weighted by Gasteiger charge is -2.13. The largest absolute Gasteiger partial charge is 0.478 e. The molecule has 0 aliphatic carbocycles. The molecule has 1 amide bonds. The fraction of sp³-hybridized carbons (Fsp3) is 0.471. The number of hydrogen-bond acceptors (Lipinski definition) is 4. The van der Waals surface area contributed by atoms with Crippen molar-refractivity contribution in [1.82, 2.24) is 9.78 Å². The molecule has 2 N–H and O–H groups in total. The van der Waals surface area contributed by atoms with Gasteiger partial charge in [0.1, 0.15) is 5.00 Å². The van der Waals surface area contributed by atoms with Crippen LogP contribution in [0, 0.1) is 20.8 Å². The number of aromatic carboxylic acids is 1. The Morgan fingerprint density at radius 1 is 1.33 bits per heavy atom. The molecule has 1 unspecified atom stereocenters. The zero-order chi connectivity index (χ0) is 18.2. The van der Waals surface area contributed by atoms with Gasteiger partial charge >= 0.3 is 5.97 Å². The molecule has 0 radical (unpaired) electrons. The van der Waals surface area contributed by atoms with Crippen molar-refractivity contribution in [2.45, 2.75) is 47.0 Å². The second kappa shape index (κ2) is 6.76. The number of anilines is 1. The molecule has 0 fully saturated rings. The fourth-order valence-corrected chi connectivity index (χ4v) is 4.23. The number of carboxylic acid groups (broad SMARTS) is 1. The van der Waals surface area contributed by atoms with E-state index in [1.54, 1.807) is 4.68 Å². The molecule has 0 saturated carbocycles. The van der Waals surface area contributed by atoms with E-state index in [9.17, 15) is 14.7 Å². The van der Waals surface area contributed by atoms with E-state index in [0.29, 0.717) is 11.4 Å². The van der Waals surface area contributed by atoms with E-state index >= 15 is 0 Å². The predicted octanol–water partition coefficient (Wildman–Crippen LogP) is 3.41. The summed E-state index contributed by atoms with van der Waals surface area (Å²) in [4.78, 5) is 25.2. The molecule has 6 nitrogen and oxygen atoms in total. The van der Waals surface area contributed by atoms with Crippen LogP contribution in [0.5, 0.6) is 0 Å². The number of aromatic nitrogens is 2. The van der Waals surface area contributed by atoms with E-state index in [4.69, 9.17) is 0 Å². The van der Waals surface area contributed by atoms with Crippen molar-refractivity contribution in [3.8, 4) is 0 Å². The number of amides is 1. The molecule has 2 aromatic heterocycles. The molecule has 7 heteroatoms. The minimum Gasteiger partial charge on any atom is -0.478 e. The molecule has 1 atom stereocenters. The molecule has 130 valence electrons. The lowest BCUT2D eigenvalue weighted by Crippen LogP contribution is -2.20. The van der Waals surface area contributed by atoms with Gasteiger partial charge in [0, 0.05) is 23.2 Å². The van der Waals surface area contributed by atoms with E-state index < -0.39 is 11.9 Å². The summed E-state index contributed by atoms with van der Waals surface area (Å²) in [6, 6.07) is 0. The van der Waals surface area contributed by atoms with Gasteiger partial charge in [0.2, 0.25) is 5.91 Å². The molecule has 2 rings (SSSR count). The highest BCUT2D eigenvalue weighted by Gasteiger charge is 2.26. The number of hydrogen-bond donors (Lipinski definition) is 2. The third-order valence-electron chi connectivity index (χ3n) is 4.40. The number of rotatable bonds is 5. The Kier molecular flexibility index (Phi) is 5.13. The van der Waals surface area contributed by atoms with Gasteiger partial charge in [-0.3, -0.25) is 9.48 Å². The first kappa shape index (κ1) is 18.2. The minimum absolute atomic E-state index is 0.209. The van der Waals surface area contributed by atoms with Crippen molar-refractivity contribution >= 4 is 28.2 Å². The monoisotopic (exact) mass is 349 g/mol. The van der Waals surface area contributed by atoms with Gasteiger partial charge in [0.15, 0.2) is 0 Å². The van der Waals surface area contributed by atoms with E-state index in [-0.39, 0.29) is 11.5 Å². The first-order valence-corrected chi connectivity index (χ1v) is 8.67. The third kappa shape index (κ3) is 3.08. The molecule has 2 aromatic rings. The number of carbonyl (C=O) groups excluding carboxylic acids is 1. The molecule has 0 spiro atoms. The van der Waals surface area contributed by atoms with E-state index in [1.165, 1.54) is 11.3 Å². The molecule has 0 aromatic carbocycles. The van der Waals surface area contributed by atoms with Crippen LogP contribution in [0.2, 0.25) is 0 Å². The highest BCUT2D eigenvalue weighted by Crippen LogP contribution is 2.34. The Balaban J connectivity index is 2.35. The van der Waals surface area contributed by atoms with Gasteiger partial charge in [-0.2, -0.15) is 5.10 Å². The van der Waals surface area contributed by atoms with Crippen LogP contribution in [0.4, 0.5) is 5.00 Å². The Bertz CT molecular complexity index is 805. The first-order valence-electron chi connectivity index (χ1n) is 7.85. The second-order valence-electron chi connectivity index (χ2n) is 5.92. The van der Waals surface area contributed by atoms with Crippen LogP contribution in [0.3, 0.4) is 0 Å². The Morgan fingerprint density at radius 3 is 2.42 bits per heavy atom. The van der Waals surface area contributed by atoms with Crippen molar-refractivity contribution in [1.29, 1.82) is 0 Å². The summed E-state index contributed by atoms with van der Waals surface area (Å²) in [5.41, 5.74) is 3.62. The molecular formula is C17H23N3O3S. The molecular weight excluding hydrogens is 326 g/mol. The summed E-state index contributed by atoms with van der Waals surface area (Å²) in [6.07, 6.45) is 0.621. The van der Waals surface area contributed by atoms with Crippen LogP contribution in [-0.4, -0.2) is 26.8 Å². The van der Waals surface area contributed by atoms with E-state index in [2.05, 4.69) is 10.4 Å². The molecule has 0 aliphatic heterocycles. The van der Waals surface area contributed by atoms with Crippen LogP contribution in [0.15, 0.2) is 0 Å². The molecule has 24 heavy (non-hydrogen) atoms. The van der Waals surface area contributed by atoms with Crippen LogP contribution in [0.25, 0.3) is 0 Å². The Labute approximate surface area is 145 Å². The van der Waals surface area contributed by atoms with Crippen molar-refractivity contribution < 1.29 is 14.7 Å². The summed E-state index contributed by atoms with van der Waals surface area (Å²) < 4.78 is 1.75. The minimum atomic E-state index is -1.01. The van der Waals surface area contributed by atoms with Crippen molar-refractivity contribution in [3.63, 3.8) is 0 Å². The van der Waals surface area contributed by atoms with Crippen LogP contribution >= 0.6 is 11.3 Å². The average Bonchev–Trinajstić information content (AvgIpc) is 2.94. The smallest absolute Gasteiger partial charge is 0.339 e. The zero-order valence-corrected chi connectivity index (χ0v) is 15.7. The fourth-order valence-electron chi connectivity index (χ4n) is 3.09. The SMILES string of the molecule is CCc1c(C)sc(NC(=O)C(C)c2c(C)nn(C)c2C)c1C(=O)O. The molecule has 0 bridgehead atoms.